The zero-order valence-electron chi connectivity index (χ0n) is 32.9. The highest BCUT2D eigenvalue weighted by Crippen LogP contribution is 2.29. The van der Waals surface area contributed by atoms with Gasteiger partial charge in [0.25, 0.3) is 0 Å². The van der Waals surface area contributed by atoms with Crippen LogP contribution in [0.25, 0.3) is 10.8 Å². The zero-order valence-corrected chi connectivity index (χ0v) is 32.9. The summed E-state index contributed by atoms with van der Waals surface area (Å²) in [6.07, 6.45) is 0.821. The minimum Gasteiger partial charge on any atom is -0.444 e. The third kappa shape index (κ3) is 13.2. The molecule has 0 fully saturated rings. The summed E-state index contributed by atoms with van der Waals surface area (Å²) in [4.78, 5) is 56.5. The molecule has 0 aromatic heterocycles. The van der Waals surface area contributed by atoms with Crippen LogP contribution < -0.4 is 20.9 Å². The summed E-state index contributed by atoms with van der Waals surface area (Å²) in [5.74, 6) is -1.07. The van der Waals surface area contributed by atoms with Gasteiger partial charge < -0.3 is 25.8 Å². The molecule has 10 nitrogen and oxygen atoms in total. The summed E-state index contributed by atoms with van der Waals surface area (Å²) in [5.41, 5.74) is 1.32. The first-order chi connectivity index (χ1) is 25.2. The van der Waals surface area contributed by atoms with Gasteiger partial charge in [0.2, 0.25) is 17.7 Å². The van der Waals surface area contributed by atoms with Crippen molar-refractivity contribution in [3.8, 4) is 0 Å². The molecule has 10 heteroatoms. The number of benzene rings is 3. The van der Waals surface area contributed by atoms with Gasteiger partial charge in [-0.1, -0.05) is 128 Å². The second kappa shape index (κ2) is 21.3. The number of nitrogens with one attached hydrogen (secondary N) is 3. The Morgan fingerprint density at radius 1 is 0.755 bits per heavy atom. The van der Waals surface area contributed by atoms with Gasteiger partial charge in [-0.15, -0.1) is 0 Å². The van der Waals surface area contributed by atoms with Gasteiger partial charge >= 0.3 is 6.09 Å². The topological polar surface area (TPSA) is 137 Å². The molecule has 3 aromatic carbocycles. The van der Waals surface area contributed by atoms with Crippen molar-refractivity contribution in [2.24, 2.45) is 23.7 Å². The van der Waals surface area contributed by atoms with Crippen LogP contribution in [0.4, 0.5) is 10.5 Å². The van der Waals surface area contributed by atoms with E-state index in [2.05, 4.69) is 16.0 Å². The first-order valence-electron chi connectivity index (χ1n) is 19.3. The van der Waals surface area contributed by atoms with E-state index < -0.39 is 48.1 Å². The average Bonchev–Trinajstić information content (AvgIpc) is 3.13. The lowest BCUT2D eigenvalue weighted by Gasteiger charge is -2.32. The number of unbranched alkanes of at least 4 members (excludes halogenated alkanes) is 1. The molecule has 3 aromatic rings. The number of carbonyl (C=O) groups is 4. The van der Waals surface area contributed by atoms with Crippen LogP contribution in [-0.4, -0.2) is 59.7 Å². The lowest BCUT2D eigenvalue weighted by atomic mass is 9.85. The first-order valence-corrected chi connectivity index (χ1v) is 19.3. The quantitative estimate of drug-likeness (QED) is 0.0959. The van der Waals surface area contributed by atoms with Crippen LogP contribution in [0.15, 0.2) is 72.8 Å². The van der Waals surface area contributed by atoms with E-state index in [9.17, 15) is 24.3 Å². The van der Waals surface area contributed by atoms with Crippen molar-refractivity contribution in [2.45, 2.75) is 118 Å². The van der Waals surface area contributed by atoms with E-state index in [1.165, 1.54) is 4.90 Å². The Morgan fingerprint density at radius 3 is 2.06 bits per heavy atom. The van der Waals surface area contributed by atoms with Gasteiger partial charge in [0.05, 0.1) is 17.8 Å². The van der Waals surface area contributed by atoms with Crippen LogP contribution in [0.2, 0.25) is 0 Å². The smallest absolute Gasteiger partial charge is 0.415 e. The predicted molar refractivity (Wildman–Crippen MR) is 212 cm³/mol. The summed E-state index contributed by atoms with van der Waals surface area (Å²) in [7, 11) is 0. The van der Waals surface area contributed by atoms with Gasteiger partial charge in [0, 0.05) is 17.8 Å². The Hall–Kier alpha value is -4.44. The van der Waals surface area contributed by atoms with Crippen molar-refractivity contribution in [3.05, 3.63) is 78.4 Å². The standard InChI is InChI=1S/C43H62N4O6/c1-9-10-22-36(42(51)46-37(24-28(2)3)39(48)25-35(30(6)7)41(50)44-26-29(4)5)45-40(49)31(8)47(43(52)53-27-32-17-12-11-13-18-32)38-23-16-20-33-19-14-15-21-34(33)38/h11-21,23,28-31,35-37,39,48H,9-10,22,24-27H2,1-8H3,(H,44,50)(H,45,49)(H,46,51)/t31-,35?,36-,37-,39-/m0/s1. The maximum atomic E-state index is 14.1. The van der Waals surface area contributed by atoms with Crippen molar-refractivity contribution < 1.29 is 29.0 Å². The molecule has 0 spiro atoms. The molecule has 1 unspecified atom stereocenters. The average molecular weight is 731 g/mol. The minimum atomic E-state index is -1.05. The maximum absolute atomic E-state index is 14.1. The van der Waals surface area contributed by atoms with Crippen molar-refractivity contribution in [3.63, 3.8) is 0 Å². The Kier molecular flexibility index (Phi) is 17.3. The molecule has 4 N–H and O–H groups in total. The van der Waals surface area contributed by atoms with Crippen LogP contribution in [0, 0.1) is 23.7 Å². The van der Waals surface area contributed by atoms with E-state index in [4.69, 9.17) is 4.74 Å². The summed E-state index contributed by atoms with van der Waals surface area (Å²) in [5, 5.41) is 22.2. The third-order valence-electron chi connectivity index (χ3n) is 9.51. The second-order valence-corrected chi connectivity index (χ2v) is 15.3. The Bertz CT molecular complexity index is 1610. The molecule has 3 rings (SSSR count). The van der Waals surface area contributed by atoms with Crippen molar-refractivity contribution in [1.29, 1.82) is 0 Å². The fraction of sp³-hybridized carbons (Fsp3) is 0.535. The maximum Gasteiger partial charge on any atom is 0.415 e. The molecular weight excluding hydrogens is 668 g/mol. The molecule has 4 amide bonds. The van der Waals surface area contributed by atoms with Crippen LogP contribution in [0.5, 0.6) is 0 Å². The highest BCUT2D eigenvalue weighted by atomic mass is 16.6. The number of carbonyl (C=O) groups excluding carboxylic acids is 4. The molecule has 0 bridgehead atoms. The summed E-state index contributed by atoms with van der Waals surface area (Å²) < 4.78 is 5.76. The highest BCUT2D eigenvalue weighted by Gasteiger charge is 2.35. The number of aliphatic hydroxyl groups excluding tert-OH is 1. The van der Waals surface area contributed by atoms with E-state index in [0.29, 0.717) is 37.4 Å². The fourth-order valence-electron chi connectivity index (χ4n) is 6.40. The van der Waals surface area contributed by atoms with Gasteiger partial charge in [-0.2, -0.15) is 0 Å². The van der Waals surface area contributed by atoms with Crippen molar-refractivity contribution in [1.82, 2.24) is 16.0 Å². The summed E-state index contributed by atoms with van der Waals surface area (Å²) in [6.45, 7) is 16.2. The van der Waals surface area contributed by atoms with Gasteiger partial charge in [-0.3, -0.25) is 19.3 Å². The summed E-state index contributed by atoms with van der Waals surface area (Å²) >= 11 is 0. The lowest BCUT2D eigenvalue weighted by Crippen LogP contribution is -2.57. The fourth-order valence-corrected chi connectivity index (χ4v) is 6.40. The molecule has 0 heterocycles. The van der Waals surface area contributed by atoms with Crippen LogP contribution in [0.3, 0.4) is 0 Å². The van der Waals surface area contributed by atoms with E-state index in [1.807, 2.05) is 115 Å². The normalized spacial score (nSPS) is 14.3. The van der Waals surface area contributed by atoms with Gasteiger partial charge in [0.15, 0.2) is 0 Å². The van der Waals surface area contributed by atoms with Crippen LogP contribution in [0.1, 0.15) is 93.1 Å². The summed E-state index contributed by atoms with van der Waals surface area (Å²) in [6, 6.07) is 19.9. The molecule has 0 aliphatic carbocycles. The monoisotopic (exact) mass is 730 g/mol. The second-order valence-electron chi connectivity index (χ2n) is 15.3. The van der Waals surface area contributed by atoms with E-state index in [-0.39, 0.29) is 30.8 Å². The number of rotatable bonds is 20. The number of ether oxygens (including phenoxy) is 1. The molecule has 0 saturated carbocycles. The SMILES string of the molecule is CCCC[C@H](NC(=O)[C@H](C)N(C(=O)OCc1ccccc1)c1cccc2ccccc12)C(=O)N[C@@H](CC(C)C)[C@@H](O)CC(C(=O)NCC(C)C)C(C)C. The third-order valence-corrected chi connectivity index (χ3v) is 9.51. The number of hydrogen-bond donors (Lipinski definition) is 4. The van der Waals surface area contributed by atoms with Gasteiger partial charge in [-0.05, 0) is 61.0 Å². The largest absolute Gasteiger partial charge is 0.444 e. The van der Waals surface area contributed by atoms with Crippen molar-refractivity contribution in [2.75, 3.05) is 11.4 Å². The first kappa shape index (κ1) is 43.0. The molecule has 0 aliphatic rings. The van der Waals surface area contributed by atoms with E-state index in [0.717, 1.165) is 22.8 Å². The molecule has 53 heavy (non-hydrogen) atoms. The molecule has 5 atom stereocenters. The number of amides is 4. The predicted octanol–water partition coefficient (Wildman–Crippen LogP) is 7.37. The van der Waals surface area contributed by atoms with E-state index in [1.54, 1.807) is 13.0 Å². The Labute approximate surface area is 316 Å². The number of anilines is 1. The Morgan fingerprint density at radius 2 is 1.42 bits per heavy atom. The lowest BCUT2D eigenvalue weighted by molar-refractivity contribution is -0.131. The number of hydrogen-bond acceptors (Lipinski definition) is 6. The van der Waals surface area contributed by atoms with Crippen LogP contribution >= 0.6 is 0 Å². The van der Waals surface area contributed by atoms with Gasteiger partial charge in [0.1, 0.15) is 18.7 Å². The zero-order chi connectivity index (χ0) is 39.1. The van der Waals surface area contributed by atoms with Crippen LogP contribution in [-0.2, 0) is 25.7 Å². The Balaban J connectivity index is 1.86. The molecule has 0 radical (unpaired) electrons. The number of aliphatic hydroxyl groups is 1. The van der Waals surface area contributed by atoms with Gasteiger partial charge in [-0.25, -0.2) is 4.79 Å². The molecule has 290 valence electrons. The number of fused-ring (bicyclic) bond motifs is 1. The minimum absolute atomic E-state index is 0.0191. The van der Waals surface area contributed by atoms with E-state index >= 15 is 0 Å². The molecular formula is C43H62N4O6. The number of nitrogens with zero attached hydrogens (tertiary/aromatic N) is 1. The molecule has 0 aliphatic heterocycles. The van der Waals surface area contributed by atoms with Crippen molar-refractivity contribution >= 4 is 40.3 Å². The highest BCUT2D eigenvalue weighted by molar-refractivity contribution is 6.05. The molecule has 0 saturated heterocycles.